The molecule has 0 aliphatic carbocycles. The van der Waals surface area contributed by atoms with Gasteiger partial charge in [-0.3, -0.25) is 0 Å². The van der Waals surface area contributed by atoms with E-state index in [1.807, 2.05) is 0 Å². The highest BCUT2D eigenvalue weighted by Gasteiger charge is 2.11. The number of hydrogen-bond acceptors (Lipinski definition) is 6. The molecule has 2 aliphatic heterocycles. The molecular weight excluding hydrogens is 176 g/mol. The molecule has 2 N–H and O–H groups in total. The van der Waals surface area contributed by atoms with Crippen molar-refractivity contribution >= 4 is 0 Å². The van der Waals surface area contributed by atoms with Gasteiger partial charge in [-0.15, -0.1) is 4.73 Å². The van der Waals surface area contributed by atoms with Crippen LogP contribution in [-0.2, 0) is 0 Å². The van der Waals surface area contributed by atoms with Crippen LogP contribution < -0.4 is 4.84 Å². The molecule has 0 aromatic heterocycles. The van der Waals surface area contributed by atoms with E-state index in [1.165, 1.54) is 12.5 Å². The van der Waals surface area contributed by atoms with Gasteiger partial charge in [-0.25, -0.2) is 9.97 Å². The van der Waals surface area contributed by atoms with Crippen molar-refractivity contribution in [2.24, 2.45) is 0 Å². The van der Waals surface area contributed by atoms with Gasteiger partial charge in [0.05, 0.1) is 6.20 Å². The van der Waals surface area contributed by atoms with Crippen LogP contribution in [0.2, 0.25) is 0 Å². The lowest BCUT2D eigenvalue weighted by Gasteiger charge is -2.07. The van der Waals surface area contributed by atoms with Crippen LogP contribution in [0.4, 0.5) is 0 Å². The maximum Gasteiger partial charge on any atom is 0.330 e. The van der Waals surface area contributed by atoms with E-state index < -0.39 is 6.79 Å². The van der Waals surface area contributed by atoms with Crippen molar-refractivity contribution in [1.29, 1.82) is 0 Å². The van der Waals surface area contributed by atoms with Gasteiger partial charge in [-0.2, -0.15) is 4.98 Å². The van der Waals surface area contributed by atoms with E-state index in [9.17, 15) is 5.11 Å². The number of aliphatic hydroxyl groups is 1. The number of aromatic hydroxyl groups is 1. The van der Waals surface area contributed by atoms with E-state index in [0.29, 0.717) is 11.5 Å². The Labute approximate surface area is 72.6 Å². The Morgan fingerprint density at radius 1 is 1.46 bits per heavy atom. The second-order valence-electron chi connectivity index (χ2n) is 2.21. The third kappa shape index (κ3) is 1.25. The third-order valence-electron chi connectivity index (χ3n) is 1.45. The molecule has 68 valence electrons. The molecule has 2 rings (SSSR count). The van der Waals surface area contributed by atoms with E-state index in [2.05, 4.69) is 19.8 Å². The molecule has 2 aliphatic rings. The summed E-state index contributed by atoms with van der Waals surface area (Å²) in [5.74, 6) is 0.329. The molecular formula is C6H6N4O3. The molecule has 0 bridgehead atoms. The van der Waals surface area contributed by atoms with Crippen LogP contribution in [0.1, 0.15) is 0 Å². The number of hydrogen-bond donors (Lipinski definition) is 2. The fourth-order valence-electron chi connectivity index (χ4n) is 0.917. The summed E-state index contributed by atoms with van der Waals surface area (Å²) in [6, 6.07) is -0.387. The zero-order valence-electron chi connectivity index (χ0n) is 6.45. The zero-order chi connectivity index (χ0) is 9.26. The molecule has 0 aromatic carbocycles. The van der Waals surface area contributed by atoms with Crippen molar-refractivity contribution in [3.05, 3.63) is 12.5 Å². The molecule has 0 unspecified atom stereocenters. The van der Waals surface area contributed by atoms with Crippen LogP contribution in [0.15, 0.2) is 12.5 Å². The summed E-state index contributed by atoms with van der Waals surface area (Å²) in [6.45, 7) is -0.556. The predicted octanol–water partition coefficient (Wildman–Crippen LogP) is -1.14. The van der Waals surface area contributed by atoms with Crippen molar-refractivity contribution in [3.63, 3.8) is 0 Å². The Hall–Kier alpha value is -1.89. The minimum Gasteiger partial charge on any atom is -0.478 e. The monoisotopic (exact) mass is 182 g/mol. The first kappa shape index (κ1) is 7.74. The minimum absolute atomic E-state index is 0.329. The predicted molar refractivity (Wildman–Crippen MR) is 39.8 cm³/mol. The highest BCUT2D eigenvalue weighted by atomic mass is 16.7. The van der Waals surface area contributed by atoms with Gasteiger partial charge < -0.3 is 15.1 Å². The van der Waals surface area contributed by atoms with Crippen molar-refractivity contribution in [2.75, 3.05) is 6.79 Å². The molecule has 0 fully saturated rings. The molecule has 2 heterocycles. The van der Waals surface area contributed by atoms with Gasteiger partial charge in [0.1, 0.15) is 12.0 Å². The number of rotatable bonds is 2. The first-order valence-electron chi connectivity index (χ1n) is 3.44. The summed E-state index contributed by atoms with van der Waals surface area (Å²) in [5.41, 5.74) is 0.478. The van der Waals surface area contributed by atoms with Gasteiger partial charge in [0.2, 0.25) is 6.79 Å². The van der Waals surface area contributed by atoms with Crippen molar-refractivity contribution in [1.82, 2.24) is 19.7 Å². The molecule has 0 spiro atoms. The van der Waals surface area contributed by atoms with Crippen LogP contribution in [0.25, 0.3) is 11.5 Å². The average molecular weight is 182 g/mol. The highest BCUT2D eigenvalue weighted by Crippen LogP contribution is 2.16. The lowest BCUT2D eigenvalue weighted by molar-refractivity contribution is -0.0224. The molecule has 0 radical (unpaired) electrons. The van der Waals surface area contributed by atoms with E-state index in [1.54, 1.807) is 0 Å². The summed E-state index contributed by atoms with van der Waals surface area (Å²) >= 11 is 0. The van der Waals surface area contributed by atoms with Gasteiger partial charge >= 0.3 is 6.01 Å². The topological polar surface area (TPSA) is 93.3 Å². The third-order valence-corrected chi connectivity index (χ3v) is 1.45. The van der Waals surface area contributed by atoms with Gasteiger partial charge in [0.15, 0.2) is 5.82 Å². The standard InChI is InChI=1S/C6H6N4O3/c11-3-13-10-1-4-5(8-2-7-4)9-6(10)12/h1-2,11H,3H2,(H,7,8,9,12). The Morgan fingerprint density at radius 2 is 2.31 bits per heavy atom. The van der Waals surface area contributed by atoms with E-state index >= 15 is 0 Å². The first-order valence-corrected chi connectivity index (χ1v) is 3.44. The Bertz CT molecular complexity index is 388. The molecule has 0 saturated heterocycles. The Balaban J connectivity index is 2.51. The Kier molecular flexibility index (Phi) is 1.71. The molecule has 0 atom stereocenters. The van der Waals surface area contributed by atoms with E-state index in [-0.39, 0.29) is 6.01 Å². The van der Waals surface area contributed by atoms with Crippen LogP contribution >= 0.6 is 0 Å². The molecule has 7 nitrogen and oxygen atoms in total. The molecule has 0 aromatic rings. The maximum atomic E-state index is 9.21. The lowest BCUT2D eigenvalue weighted by Crippen LogP contribution is -2.14. The fourth-order valence-corrected chi connectivity index (χ4v) is 0.917. The van der Waals surface area contributed by atoms with Crippen molar-refractivity contribution in [2.45, 2.75) is 0 Å². The number of nitrogens with zero attached hydrogens (tertiary/aromatic N) is 4. The Morgan fingerprint density at radius 3 is 3.08 bits per heavy atom. The fraction of sp³-hybridized carbons (Fsp3) is 0.167. The summed E-state index contributed by atoms with van der Waals surface area (Å²) in [7, 11) is 0. The number of aliphatic hydroxyl groups excluding tert-OH is 1. The number of fused-ring (bicyclic) bond motifs is 1. The second-order valence-corrected chi connectivity index (χ2v) is 2.21. The smallest absolute Gasteiger partial charge is 0.330 e. The maximum absolute atomic E-state index is 9.21. The van der Waals surface area contributed by atoms with Gasteiger partial charge in [0, 0.05) is 0 Å². The minimum atomic E-state index is -0.556. The quantitative estimate of drug-likeness (QED) is 0.570. The number of aromatic nitrogens is 4. The SMILES string of the molecule is OCOn1cc2ncnc-2nc1O. The summed E-state index contributed by atoms with van der Waals surface area (Å²) in [4.78, 5) is 15.9. The van der Waals surface area contributed by atoms with Crippen LogP contribution in [0.5, 0.6) is 6.01 Å². The summed E-state index contributed by atoms with van der Waals surface area (Å²) in [6.07, 6.45) is 2.70. The molecule has 0 amide bonds. The molecule has 7 heteroatoms. The summed E-state index contributed by atoms with van der Waals surface area (Å²) in [5, 5.41) is 17.7. The average Bonchev–Trinajstić information content (AvgIpc) is 2.52. The van der Waals surface area contributed by atoms with Crippen molar-refractivity contribution < 1.29 is 15.1 Å². The lowest BCUT2D eigenvalue weighted by atomic mass is 10.4. The highest BCUT2D eigenvalue weighted by molar-refractivity contribution is 5.48. The number of imidazole rings is 1. The molecule has 13 heavy (non-hydrogen) atoms. The molecule has 0 saturated carbocycles. The van der Waals surface area contributed by atoms with Gasteiger partial charge in [-0.1, -0.05) is 0 Å². The normalized spacial score (nSPS) is 10.5. The second kappa shape index (κ2) is 2.87. The van der Waals surface area contributed by atoms with Crippen molar-refractivity contribution in [3.8, 4) is 17.5 Å². The van der Waals surface area contributed by atoms with Gasteiger partial charge in [0.25, 0.3) is 0 Å². The zero-order valence-corrected chi connectivity index (χ0v) is 6.45. The first-order chi connectivity index (χ1) is 6.31. The van der Waals surface area contributed by atoms with Crippen LogP contribution in [0, 0.1) is 0 Å². The summed E-state index contributed by atoms with van der Waals surface area (Å²) < 4.78 is 0.914. The van der Waals surface area contributed by atoms with Gasteiger partial charge in [-0.05, 0) is 0 Å². The van der Waals surface area contributed by atoms with E-state index in [0.717, 1.165) is 4.73 Å². The van der Waals surface area contributed by atoms with Crippen LogP contribution in [-0.4, -0.2) is 36.7 Å². The van der Waals surface area contributed by atoms with E-state index in [4.69, 9.17) is 5.11 Å². The largest absolute Gasteiger partial charge is 0.478 e. The van der Waals surface area contributed by atoms with Crippen LogP contribution in [0.3, 0.4) is 0 Å².